The van der Waals surface area contributed by atoms with Crippen molar-refractivity contribution in [2.24, 2.45) is 5.84 Å². The number of hydrazine groups is 1. The van der Waals surface area contributed by atoms with E-state index in [-0.39, 0.29) is 16.6 Å². The fourth-order valence-corrected chi connectivity index (χ4v) is 2.65. The molecule has 0 aliphatic heterocycles. The van der Waals surface area contributed by atoms with Gasteiger partial charge in [-0.3, -0.25) is 5.84 Å². The van der Waals surface area contributed by atoms with Crippen molar-refractivity contribution in [3.8, 4) is 0 Å². The summed E-state index contributed by atoms with van der Waals surface area (Å²) in [5.74, 6) is 2.19. The van der Waals surface area contributed by atoms with Gasteiger partial charge >= 0.3 is 0 Å². The monoisotopic (exact) mass is 267 g/mol. The van der Waals surface area contributed by atoms with Crippen LogP contribution >= 0.6 is 0 Å². The fraction of sp³-hybridized carbons (Fsp3) is 0.308. The Bertz CT molecular complexity index is 670. The number of hydrogen-bond donors (Lipinski definition) is 2. The molecule has 2 aromatic rings. The van der Waals surface area contributed by atoms with Crippen LogP contribution in [-0.2, 0) is 12.8 Å². The van der Waals surface area contributed by atoms with E-state index in [4.69, 9.17) is 5.84 Å². The summed E-state index contributed by atoms with van der Waals surface area (Å²) in [6.45, 7) is 0. The van der Waals surface area contributed by atoms with Crippen LogP contribution in [0, 0.1) is 17.5 Å². The number of rotatable bonds is 1. The third kappa shape index (κ3) is 1.74. The highest BCUT2D eigenvalue weighted by Crippen LogP contribution is 2.35. The number of nitrogens with one attached hydrogen (secondary N) is 1. The minimum atomic E-state index is -1.24. The number of nitrogens with zero attached hydrogens (tertiary/aromatic N) is 1. The molecule has 0 bridgehead atoms. The molecule has 1 aliphatic rings. The smallest absolute Gasteiger partial charge is 0.170 e. The average molecular weight is 267 g/mol. The highest BCUT2D eigenvalue weighted by atomic mass is 19.2. The van der Waals surface area contributed by atoms with Gasteiger partial charge in [0.15, 0.2) is 17.5 Å². The number of benzene rings is 1. The van der Waals surface area contributed by atoms with Gasteiger partial charge in [-0.15, -0.1) is 0 Å². The first-order valence-electron chi connectivity index (χ1n) is 6.09. The van der Waals surface area contributed by atoms with Crippen LogP contribution in [-0.4, -0.2) is 4.98 Å². The van der Waals surface area contributed by atoms with Crippen molar-refractivity contribution >= 4 is 16.6 Å². The van der Waals surface area contributed by atoms with Crippen molar-refractivity contribution in [2.75, 3.05) is 5.43 Å². The number of fused-ring (bicyclic) bond motifs is 2. The summed E-state index contributed by atoms with van der Waals surface area (Å²) in [6, 6.07) is 0.514. The predicted molar refractivity (Wildman–Crippen MR) is 66.1 cm³/mol. The number of anilines is 1. The number of nitrogens with two attached hydrogens (primary N) is 1. The standard InChI is InChI=1S/C13H12F3N3/c14-7-5-8(15)13-10(11(7)16)12(19-17)6-3-1-2-4-9(6)18-13/h5H,1-4,17H2,(H,18,19). The topological polar surface area (TPSA) is 50.9 Å². The van der Waals surface area contributed by atoms with Gasteiger partial charge in [-0.05, 0) is 31.2 Å². The maximum Gasteiger partial charge on any atom is 0.170 e. The molecular weight excluding hydrogens is 255 g/mol. The van der Waals surface area contributed by atoms with Crippen LogP contribution in [0.25, 0.3) is 10.9 Å². The van der Waals surface area contributed by atoms with Gasteiger partial charge in [0.1, 0.15) is 5.52 Å². The molecule has 0 amide bonds. The van der Waals surface area contributed by atoms with Gasteiger partial charge < -0.3 is 5.43 Å². The Labute approximate surface area is 107 Å². The quantitative estimate of drug-likeness (QED) is 0.474. The minimum Gasteiger partial charge on any atom is -0.323 e. The van der Waals surface area contributed by atoms with Crippen molar-refractivity contribution in [1.29, 1.82) is 0 Å². The summed E-state index contributed by atoms with van der Waals surface area (Å²) in [5.41, 5.74) is 3.91. The summed E-state index contributed by atoms with van der Waals surface area (Å²) in [4.78, 5) is 4.15. The Hall–Kier alpha value is -1.82. The molecule has 6 heteroatoms. The van der Waals surface area contributed by atoms with E-state index in [1.165, 1.54) is 0 Å². The van der Waals surface area contributed by atoms with Gasteiger partial charge in [0.05, 0.1) is 11.1 Å². The highest BCUT2D eigenvalue weighted by molar-refractivity contribution is 5.94. The molecule has 3 rings (SSSR count). The lowest BCUT2D eigenvalue weighted by Gasteiger charge is -2.20. The molecule has 3 nitrogen and oxygen atoms in total. The summed E-state index contributed by atoms with van der Waals surface area (Å²) >= 11 is 0. The molecule has 1 heterocycles. The lowest BCUT2D eigenvalue weighted by atomic mass is 9.92. The molecule has 0 saturated heterocycles. The SMILES string of the molecule is NNc1c2c(nc3c(F)cc(F)c(F)c13)CCCC2. The lowest BCUT2D eigenvalue weighted by molar-refractivity contribution is 0.504. The first kappa shape index (κ1) is 12.2. The molecule has 1 aliphatic carbocycles. The molecule has 0 unspecified atom stereocenters. The molecule has 0 saturated carbocycles. The number of pyridine rings is 1. The molecule has 0 atom stereocenters. The summed E-state index contributed by atoms with van der Waals surface area (Å²) in [7, 11) is 0. The first-order chi connectivity index (χ1) is 9.13. The molecule has 3 N–H and O–H groups in total. The van der Waals surface area contributed by atoms with Crippen LogP contribution in [0.5, 0.6) is 0 Å². The summed E-state index contributed by atoms with van der Waals surface area (Å²) in [5, 5.41) is -0.208. The average Bonchev–Trinajstić information content (AvgIpc) is 2.42. The number of aryl methyl sites for hydroxylation is 1. The van der Waals surface area contributed by atoms with Crippen molar-refractivity contribution in [1.82, 2.24) is 4.98 Å². The van der Waals surface area contributed by atoms with E-state index >= 15 is 0 Å². The second-order valence-corrected chi connectivity index (χ2v) is 4.64. The molecular formula is C13H12F3N3. The Balaban J connectivity index is 2.47. The van der Waals surface area contributed by atoms with E-state index in [9.17, 15) is 13.2 Å². The van der Waals surface area contributed by atoms with Crippen molar-refractivity contribution in [3.63, 3.8) is 0 Å². The maximum absolute atomic E-state index is 13.9. The Morgan fingerprint density at radius 2 is 1.84 bits per heavy atom. The van der Waals surface area contributed by atoms with E-state index in [0.29, 0.717) is 24.6 Å². The van der Waals surface area contributed by atoms with Gasteiger partial charge in [-0.25, -0.2) is 18.2 Å². The Morgan fingerprint density at radius 1 is 1.11 bits per heavy atom. The second-order valence-electron chi connectivity index (χ2n) is 4.64. The third-order valence-electron chi connectivity index (χ3n) is 3.53. The number of hydrogen-bond acceptors (Lipinski definition) is 3. The van der Waals surface area contributed by atoms with Gasteiger partial charge in [-0.2, -0.15) is 0 Å². The van der Waals surface area contributed by atoms with E-state index < -0.39 is 17.5 Å². The fourth-order valence-electron chi connectivity index (χ4n) is 2.65. The van der Waals surface area contributed by atoms with E-state index in [0.717, 1.165) is 18.4 Å². The van der Waals surface area contributed by atoms with Crippen LogP contribution in [0.15, 0.2) is 6.07 Å². The van der Waals surface area contributed by atoms with Crippen LogP contribution < -0.4 is 11.3 Å². The van der Waals surface area contributed by atoms with Gasteiger partial charge in [0.2, 0.25) is 0 Å². The number of halogens is 3. The zero-order chi connectivity index (χ0) is 13.6. The minimum absolute atomic E-state index is 0.174. The van der Waals surface area contributed by atoms with Crippen LogP contribution in [0.1, 0.15) is 24.1 Å². The molecule has 19 heavy (non-hydrogen) atoms. The first-order valence-corrected chi connectivity index (χ1v) is 6.09. The zero-order valence-corrected chi connectivity index (χ0v) is 10.1. The van der Waals surface area contributed by atoms with Gasteiger partial charge in [-0.1, -0.05) is 0 Å². The maximum atomic E-state index is 13.9. The molecule has 0 radical (unpaired) electrons. The molecule has 100 valence electrons. The van der Waals surface area contributed by atoms with Gasteiger partial charge in [0.25, 0.3) is 0 Å². The summed E-state index contributed by atoms with van der Waals surface area (Å²) < 4.78 is 41.0. The Morgan fingerprint density at radius 3 is 2.58 bits per heavy atom. The van der Waals surface area contributed by atoms with Crippen LogP contribution in [0.4, 0.5) is 18.9 Å². The summed E-state index contributed by atoms with van der Waals surface area (Å²) in [6.07, 6.45) is 3.24. The number of nitrogen functional groups attached to an aromatic ring is 1. The molecule has 1 aromatic carbocycles. The highest BCUT2D eigenvalue weighted by Gasteiger charge is 2.23. The predicted octanol–water partition coefficient (Wildman–Crippen LogP) is 2.82. The van der Waals surface area contributed by atoms with Crippen LogP contribution in [0.3, 0.4) is 0 Å². The molecule has 1 aromatic heterocycles. The largest absolute Gasteiger partial charge is 0.323 e. The van der Waals surface area contributed by atoms with E-state index in [2.05, 4.69) is 10.4 Å². The van der Waals surface area contributed by atoms with Crippen molar-refractivity contribution in [3.05, 3.63) is 34.8 Å². The zero-order valence-electron chi connectivity index (χ0n) is 10.1. The lowest BCUT2D eigenvalue weighted by Crippen LogP contribution is -2.16. The van der Waals surface area contributed by atoms with E-state index in [1.807, 2.05) is 0 Å². The number of aromatic nitrogens is 1. The van der Waals surface area contributed by atoms with E-state index in [1.54, 1.807) is 0 Å². The van der Waals surface area contributed by atoms with Gasteiger partial charge in [0, 0.05) is 11.8 Å². The molecule has 0 fully saturated rings. The normalized spacial score (nSPS) is 14.5. The van der Waals surface area contributed by atoms with Crippen molar-refractivity contribution < 1.29 is 13.2 Å². The third-order valence-corrected chi connectivity index (χ3v) is 3.53. The van der Waals surface area contributed by atoms with Crippen molar-refractivity contribution in [2.45, 2.75) is 25.7 Å². The molecule has 0 spiro atoms. The Kier molecular flexibility index (Phi) is 2.82. The van der Waals surface area contributed by atoms with Crippen LogP contribution in [0.2, 0.25) is 0 Å². The second kappa shape index (κ2) is 4.38.